The zero-order valence-electron chi connectivity index (χ0n) is 12.7. The molecule has 0 saturated carbocycles. The number of hydrogen-bond donors (Lipinski definition) is 2. The Balaban J connectivity index is 1.69. The third-order valence-corrected chi connectivity index (χ3v) is 4.97. The normalized spacial score (nSPS) is 25.9. The molecule has 0 aromatic carbocycles. The van der Waals surface area contributed by atoms with E-state index in [1.165, 1.54) is 12.8 Å². The number of likely N-dealkylation sites (N-methyl/N-ethyl adjacent to an activating group) is 1. The summed E-state index contributed by atoms with van der Waals surface area (Å²) in [7, 11) is 2.14. The van der Waals surface area contributed by atoms with Gasteiger partial charge in [0.25, 0.3) is 0 Å². The maximum atomic E-state index is 12.9. The van der Waals surface area contributed by atoms with Gasteiger partial charge >= 0.3 is 0 Å². The molecular formula is C15H25N5O. The smallest absolute Gasteiger partial charge is 0.248 e. The molecule has 2 fully saturated rings. The summed E-state index contributed by atoms with van der Waals surface area (Å²) in [5.41, 5.74) is -0.522. The quantitative estimate of drug-likeness (QED) is 0.830. The molecule has 2 aliphatic heterocycles. The van der Waals surface area contributed by atoms with Crippen LogP contribution in [0.1, 0.15) is 25.7 Å². The van der Waals surface area contributed by atoms with Crippen LogP contribution in [0.5, 0.6) is 0 Å². The largest absolute Gasteiger partial charge is 0.352 e. The van der Waals surface area contributed by atoms with E-state index in [0.717, 1.165) is 39.0 Å². The molecule has 6 heteroatoms. The van der Waals surface area contributed by atoms with Crippen molar-refractivity contribution in [3.8, 4) is 0 Å². The fourth-order valence-electron chi connectivity index (χ4n) is 3.53. The lowest BCUT2D eigenvalue weighted by Crippen LogP contribution is -2.56. The number of nitrogens with one attached hydrogen (secondary N) is 2. The predicted molar refractivity (Wildman–Crippen MR) is 81.0 cm³/mol. The fourth-order valence-corrected chi connectivity index (χ4v) is 3.53. The summed E-state index contributed by atoms with van der Waals surface area (Å²) < 4.78 is 1.85. The van der Waals surface area contributed by atoms with E-state index in [0.29, 0.717) is 6.04 Å². The second-order valence-corrected chi connectivity index (χ2v) is 6.22. The summed E-state index contributed by atoms with van der Waals surface area (Å²) in [4.78, 5) is 15.2. The lowest BCUT2D eigenvalue weighted by Gasteiger charge is -2.37. The van der Waals surface area contributed by atoms with Crippen LogP contribution in [0.3, 0.4) is 0 Å². The Hall–Kier alpha value is -1.40. The van der Waals surface area contributed by atoms with Gasteiger partial charge in [-0.3, -0.25) is 9.48 Å². The first-order valence-corrected chi connectivity index (χ1v) is 7.92. The molecule has 1 atom stereocenters. The van der Waals surface area contributed by atoms with Crippen LogP contribution >= 0.6 is 0 Å². The van der Waals surface area contributed by atoms with Gasteiger partial charge < -0.3 is 15.5 Å². The van der Waals surface area contributed by atoms with E-state index in [9.17, 15) is 4.79 Å². The van der Waals surface area contributed by atoms with Gasteiger partial charge in [0.05, 0.1) is 0 Å². The minimum Gasteiger partial charge on any atom is -0.352 e. The minimum absolute atomic E-state index is 0.119. The Labute approximate surface area is 125 Å². The molecule has 6 nitrogen and oxygen atoms in total. The number of amides is 1. The van der Waals surface area contributed by atoms with Crippen LogP contribution in [0.25, 0.3) is 0 Å². The van der Waals surface area contributed by atoms with Crippen LogP contribution in [-0.2, 0) is 10.3 Å². The zero-order chi connectivity index (χ0) is 14.7. The molecule has 1 amide bonds. The van der Waals surface area contributed by atoms with Crippen molar-refractivity contribution in [3.05, 3.63) is 18.5 Å². The van der Waals surface area contributed by atoms with Crippen molar-refractivity contribution >= 4 is 5.91 Å². The molecule has 2 N–H and O–H groups in total. The second-order valence-electron chi connectivity index (χ2n) is 6.22. The van der Waals surface area contributed by atoms with Gasteiger partial charge in [-0.05, 0) is 58.4 Å². The van der Waals surface area contributed by atoms with Crippen molar-refractivity contribution in [2.24, 2.45) is 0 Å². The van der Waals surface area contributed by atoms with Gasteiger partial charge in [-0.1, -0.05) is 0 Å². The maximum Gasteiger partial charge on any atom is 0.248 e. The Bertz CT molecular complexity index is 466. The maximum absolute atomic E-state index is 12.9. The predicted octanol–water partition coefficient (Wildman–Crippen LogP) is 0.172. The first kappa shape index (κ1) is 14.5. The Morgan fingerprint density at radius 2 is 2.29 bits per heavy atom. The van der Waals surface area contributed by atoms with Crippen LogP contribution in [0.2, 0.25) is 0 Å². The highest BCUT2D eigenvalue weighted by atomic mass is 16.2. The van der Waals surface area contributed by atoms with Crippen LogP contribution in [0, 0.1) is 0 Å². The number of hydrogen-bond acceptors (Lipinski definition) is 4. The molecule has 3 rings (SSSR count). The van der Waals surface area contributed by atoms with Crippen LogP contribution in [0.15, 0.2) is 18.5 Å². The molecule has 2 saturated heterocycles. The lowest BCUT2D eigenvalue weighted by molar-refractivity contribution is -0.132. The van der Waals surface area contributed by atoms with E-state index >= 15 is 0 Å². The topological polar surface area (TPSA) is 62.2 Å². The highest BCUT2D eigenvalue weighted by molar-refractivity contribution is 5.84. The zero-order valence-corrected chi connectivity index (χ0v) is 12.7. The van der Waals surface area contributed by atoms with Gasteiger partial charge in [0.1, 0.15) is 5.54 Å². The van der Waals surface area contributed by atoms with Gasteiger partial charge in [-0.2, -0.15) is 5.10 Å². The van der Waals surface area contributed by atoms with Gasteiger partial charge in [0, 0.05) is 25.0 Å². The van der Waals surface area contributed by atoms with Crippen LogP contribution < -0.4 is 10.6 Å². The van der Waals surface area contributed by atoms with E-state index in [4.69, 9.17) is 0 Å². The monoisotopic (exact) mass is 291 g/mol. The molecule has 21 heavy (non-hydrogen) atoms. The van der Waals surface area contributed by atoms with Crippen molar-refractivity contribution in [2.45, 2.75) is 37.3 Å². The number of piperidine rings is 1. The van der Waals surface area contributed by atoms with Gasteiger partial charge in [0.15, 0.2) is 0 Å². The molecule has 116 valence electrons. The summed E-state index contributed by atoms with van der Waals surface area (Å²) in [6.45, 7) is 3.59. The molecule has 1 unspecified atom stereocenters. The Morgan fingerprint density at radius 3 is 2.90 bits per heavy atom. The SMILES string of the molecule is CN1CCCC1CNC(=O)C1(n2cccn2)CCNCC1. The molecule has 3 heterocycles. The highest BCUT2D eigenvalue weighted by Crippen LogP contribution is 2.27. The van der Waals surface area contributed by atoms with E-state index in [1.807, 2.05) is 16.9 Å². The number of likely N-dealkylation sites (tertiary alicyclic amines) is 1. The molecule has 1 aromatic rings. The third-order valence-electron chi connectivity index (χ3n) is 4.97. The van der Waals surface area contributed by atoms with Gasteiger partial charge in [0.2, 0.25) is 5.91 Å². The number of aromatic nitrogens is 2. The number of rotatable bonds is 4. The second kappa shape index (κ2) is 6.15. The molecule has 0 spiro atoms. The third kappa shape index (κ3) is 2.82. The van der Waals surface area contributed by atoms with Crippen molar-refractivity contribution < 1.29 is 4.79 Å². The Kier molecular flexibility index (Phi) is 4.26. The fraction of sp³-hybridized carbons (Fsp3) is 0.733. The molecular weight excluding hydrogens is 266 g/mol. The van der Waals surface area contributed by atoms with E-state index in [1.54, 1.807) is 6.20 Å². The summed E-state index contributed by atoms with van der Waals surface area (Å²) in [6.07, 6.45) is 7.65. The average molecular weight is 291 g/mol. The first-order chi connectivity index (χ1) is 10.2. The number of nitrogens with zero attached hydrogens (tertiary/aromatic N) is 3. The average Bonchev–Trinajstić information content (AvgIpc) is 3.17. The minimum atomic E-state index is -0.522. The molecule has 1 aromatic heterocycles. The molecule has 0 aliphatic carbocycles. The number of carbonyl (C=O) groups is 1. The van der Waals surface area contributed by atoms with E-state index in [-0.39, 0.29) is 5.91 Å². The first-order valence-electron chi connectivity index (χ1n) is 7.92. The standard InChI is InChI=1S/C15H25N5O/c1-19-10-2-4-13(19)12-17-14(21)15(5-8-16-9-6-15)20-11-3-7-18-20/h3,7,11,13,16H,2,4-6,8-10,12H2,1H3,(H,17,21). The lowest BCUT2D eigenvalue weighted by atomic mass is 9.87. The summed E-state index contributed by atoms with van der Waals surface area (Å²) in [6, 6.07) is 2.37. The van der Waals surface area contributed by atoms with Crippen molar-refractivity contribution in [1.29, 1.82) is 0 Å². The van der Waals surface area contributed by atoms with Crippen molar-refractivity contribution in [3.63, 3.8) is 0 Å². The van der Waals surface area contributed by atoms with E-state index in [2.05, 4.69) is 27.7 Å². The van der Waals surface area contributed by atoms with Gasteiger partial charge in [-0.15, -0.1) is 0 Å². The summed E-state index contributed by atoms with van der Waals surface area (Å²) in [5, 5.41) is 10.9. The van der Waals surface area contributed by atoms with E-state index < -0.39 is 5.54 Å². The van der Waals surface area contributed by atoms with Crippen molar-refractivity contribution in [1.82, 2.24) is 25.3 Å². The van der Waals surface area contributed by atoms with Crippen LogP contribution in [-0.4, -0.2) is 59.9 Å². The molecule has 0 radical (unpaired) electrons. The summed E-state index contributed by atoms with van der Waals surface area (Å²) in [5.74, 6) is 0.119. The summed E-state index contributed by atoms with van der Waals surface area (Å²) >= 11 is 0. The molecule has 2 aliphatic rings. The molecule has 0 bridgehead atoms. The highest BCUT2D eigenvalue weighted by Gasteiger charge is 2.42. The number of carbonyl (C=O) groups excluding carboxylic acids is 1. The van der Waals surface area contributed by atoms with Crippen molar-refractivity contribution in [2.75, 3.05) is 33.2 Å². The Morgan fingerprint density at radius 1 is 1.48 bits per heavy atom. The van der Waals surface area contributed by atoms with Crippen LogP contribution in [0.4, 0.5) is 0 Å². The van der Waals surface area contributed by atoms with Gasteiger partial charge in [-0.25, -0.2) is 0 Å².